The first-order chi connectivity index (χ1) is 16.0. The Morgan fingerprint density at radius 1 is 1.06 bits per heavy atom. The van der Waals surface area contributed by atoms with Crippen molar-refractivity contribution in [1.82, 2.24) is 15.3 Å². The van der Waals surface area contributed by atoms with E-state index in [2.05, 4.69) is 20.6 Å². The van der Waals surface area contributed by atoms with Crippen LogP contribution in [0.1, 0.15) is 27.2 Å². The number of fused-ring (bicyclic) bond motifs is 1. The van der Waals surface area contributed by atoms with Gasteiger partial charge in [0.2, 0.25) is 0 Å². The summed E-state index contributed by atoms with van der Waals surface area (Å²) in [5.41, 5.74) is 2.72. The highest BCUT2D eigenvalue weighted by molar-refractivity contribution is 6.60. The van der Waals surface area contributed by atoms with Crippen LogP contribution in [0.4, 0.5) is 10.5 Å². The molecule has 0 aliphatic heterocycles. The van der Waals surface area contributed by atoms with Crippen LogP contribution >= 0.6 is 0 Å². The Balaban J connectivity index is 1.57. The quantitative estimate of drug-likeness (QED) is 0.175. The molecule has 0 spiro atoms. The average molecular weight is 473 g/mol. The molecular weight excluding hydrogens is 440 g/mol. The van der Waals surface area contributed by atoms with Crippen LogP contribution in [0.25, 0.3) is 22.4 Å². The number of nitrogens with zero attached hydrogens (tertiary/aromatic N) is 1. The second-order valence-electron chi connectivity index (χ2n) is 7.30. The van der Waals surface area contributed by atoms with Crippen molar-refractivity contribution in [3.05, 3.63) is 42.5 Å². The van der Waals surface area contributed by atoms with E-state index in [1.165, 1.54) is 6.07 Å². The number of H-pyrrole nitrogens is 1. The second-order valence-corrected chi connectivity index (χ2v) is 10.0. The molecule has 33 heavy (non-hydrogen) atoms. The van der Waals surface area contributed by atoms with E-state index in [-0.39, 0.29) is 11.8 Å². The molecule has 2 amide bonds. The number of aromatic amines is 1. The van der Waals surface area contributed by atoms with Gasteiger partial charge in [0.1, 0.15) is 11.6 Å². The van der Waals surface area contributed by atoms with Crippen LogP contribution in [0.2, 0.25) is 6.04 Å². The minimum absolute atomic E-state index is 0.0732. The van der Waals surface area contributed by atoms with Gasteiger partial charge >= 0.3 is 14.8 Å². The largest absolute Gasteiger partial charge is 0.507 e. The number of aromatic hydroxyl groups is 1. The zero-order valence-corrected chi connectivity index (χ0v) is 20.3. The number of para-hydroxylation sites is 2. The Bertz CT molecular complexity index is 1010. The van der Waals surface area contributed by atoms with E-state index in [0.29, 0.717) is 55.9 Å². The Labute approximate surface area is 194 Å². The van der Waals surface area contributed by atoms with E-state index < -0.39 is 8.80 Å². The Kier molecular flexibility index (Phi) is 8.84. The van der Waals surface area contributed by atoms with Crippen molar-refractivity contribution in [3.8, 4) is 17.1 Å². The number of urea groups is 1. The molecule has 4 N–H and O–H groups in total. The molecule has 178 valence electrons. The van der Waals surface area contributed by atoms with E-state index in [1.807, 2.05) is 45.0 Å². The summed E-state index contributed by atoms with van der Waals surface area (Å²) >= 11 is 0. The summed E-state index contributed by atoms with van der Waals surface area (Å²) in [6, 6.07) is 12.8. The van der Waals surface area contributed by atoms with Crippen LogP contribution in [0.3, 0.4) is 0 Å². The number of hydrogen-bond acceptors (Lipinski definition) is 6. The van der Waals surface area contributed by atoms with Crippen molar-refractivity contribution in [2.75, 3.05) is 31.7 Å². The molecule has 0 saturated heterocycles. The van der Waals surface area contributed by atoms with E-state index in [1.54, 1.807) is 12.1 Å². The van der Waals surface area contributed by atoms with Crippen LogP contribution in [-0.2, 0) is 13.3 Å². The van der Waals surface area contributed by atoms with Crippen LogP contribution in [-0.4, -0.2) is 56.3 Å². The molecule has 1 heterocycles. The molecule has 0 aliphatic rings. The van der Waals surface area contributed by atoms with E-state index in [4.69, 9.17) is 13.3 Å². The minimum Gasteiger partial charge on any atom is -0.507 e. The fraction of sp³-hybridized carbons (Fsp3) is 0.391. The molecule has 0 unspecified atom stereocenters. The monoisotopic (exact) mass is 472 g/mol. The lowest BCUT2D eigenvalue weighted by molar-refractivity contribution is 0.0708. The van der Waals surface area contributed by atoms with E-state index >= 15 is 0 Å². The molecule has 0 aliphatic carbocycles. The third kappa shape index (κ3) is 6.54. The van der Waals surface area contributed by atoms with Gasteiger partial charge in [0.15, 0.2) is 0 Å². The number of carbonyl (C=O) groups is 1. The van der Waals surface area contributed by atoms with Gasteiger partial charge in [-0.1, -0.05) is 12.1 Å². The molecule has 3 rings (SSSR count). The second kappa shape index (κ2) is 11.8. The molecule has 0 fully saturated rings. The molecule has 0 radical (unpaired) electrons. The number of phenolic OH excluding ortho intramolecular Hbond substituents is 1. The molecule has 0 atom stereocenters. The number of hydrogen-bond donors (Lipinski definition) is 4. The fourth-order valence-corrected chi connectivity index (χ4v) is 6.18. The number of rotatable bonds is 12. The van der Waals surface area contributed by atoms with Gasteiger partial charge in [-0.05, 0) is 57.5 Å². The van der Waals surface area contributed by atoms with Crippen molar-refractivity contribution in [3.63, 3.8) is 0 Å². The Hall–Kier alpha value is -2.92. The average Bonchev–Trinajstić information content (AvgIpc) is 3.23. The highest BCUT2D eigenvalue weighted by Crippen LogP contribution is 2.31. The van der Waals surface area contributed by atoms with Gasteiger partial charge in [-0.2, -0.15) is 0 Å². The van der Waals surface area contributed by atoms with Crippen molar-refractivity contribution in [2.45, 2.75) is 33.2 Å². The van der Waals surface area contributed by atoms with Crippen LogP contribution < -0.4 is 10.6 Å². The first-order valence-electron chi connectivity index (χ1n) is 11.2. The van der Waals surface area contributed by atoms with E-state index in [9.17, 15) is 9.90 Å². The maximum Gasteiger partial charge on any atom is 0.500 e. The summed E-state index contributed by atoms with van der Waals surface area (Å²) in [6.07, 6.45) is 0.666. The zero-order chi connectivity index (χ0) is 23.7. The number of amides is 2. The lowest BCUT2D eigenvalue weighted by Gasteiger charge is -2.28. The number of benzene rings is 2. The van der Waals surface area contributed by atoms with Crippen molar-refractivity contribution < 1.29 is 23.2 Å². The summed E-state index contributed by atoms with van der Waals surface area (Å²) in [7, 11) is -2.72. The van der Waals surface area contributed by atoms with Gasteiger partial charge in [0.05, 0.1) is 16.6 Å². The number of phenols is 1. The summed E-state index contributed by atoms with van der Waals surface area (Å²) < 4.78 is 17.5. The molecule has 9 nitrogen and oxygen atoms in total. The highest BCUT2D eigenvalue weighted by atomic mass is 28.4. The fourth-order valence-electron chi connectivity index (χ4n) is 3.57. The van der Waals surface area contributed by atoms with Gasteiger partial charge in [0, 0.05) is 38.1 Å². The Morgan fingerprint density at radius 3 is 2.42 bits per heavy atom. The molecule has 10 heteroatoms. The van der Waals surface area contributed by atoms with Crippen LogP contribution in [0.5, 0.6) is 5.75 Å². The lowest BCUT2D eigenvalue weighted by Crippen LogP contribution is -2.46. The zero-order valence-electron chi connectivity index (χ0n) is 19.3. The molecule has 3 aromatic rings. The van der Waals surface area contributed by atoms with Gasteiger partial charge in [0.25, 0.3) is 0 Å². The topological polar surface area (TPSA) is 118 Å². The molecule has 0 saturated carbocycles. The van der Waals surface area contributed by atoms with Gasteiger partial charge in [-0.3, -0.25) is 0 Å². The predicted octanol–water partition coefficient (Wildman–Crippen LogP) is 4.50. The summed E-state index contributed by atoms with van der Waals surface area (Å²) in [5, 5.41) is 16.0. The summed E-state index contributed by atoms with van der Waals surface area (Å²) in [4.78, 5) is 20.1. The molecular formula is C23H32N4O5Si. The van der Waals surface area contributed by atoms with Gasteiger partial charge < -0.3 is 34.0 Å². The number of nitrogens with one attached hydrogen (secondary N) is 3. The van der Waals surface area contributed by atoms with Gasteiger partial charge in [-0.25, -0.2) is 9.78 Å². The first-order valence-corrected chi connectivity index (χ1v) is 13.2. The number of carbonyl (C=O) groups excluding carboxylic acids is 1. The van der Waals surface area contributed by atoms with Crippen molar-refractivity contribution >= 4 is 31.6 Å². The number of anilines is 1. The lowest BCUT2D eigenvalue weighted by atomic mass is 10.1. The van der Waals surface area contributed by atoms with Crippen molar-refractivity contribution in [2.24, 2.45) is 0 Å². The molecule has 2 aromatic carbocycles. The summed E-state index contributed by atoms with van der Waals surface area (Å²) in [6.45, 7) is 7.77. The minimum atomic E-state index is -2.72. The number of aromatic nitrogens is 2. The van der Waals surface area contributed by atoms with Gasteiger partial charge in [-0.15, -0.1) is 0 Å². The standard InChI is InChI=1S/C23H32N4O5Si/c1-4-30-33(31-5-2,32-6-3)15-9-14-24-23(29)25-17-12-13-21(28)18(16-17)22-26-19-10-7-8-11-20(19)27-22/h7-8,10-13,16,28H,4-6,9,14-15H2,1-3H3,(H,26,27)(H2,24,25,29). The SMILES string of the molecule is CCO[Si](CCCNC(=O)Nc1ccc(O)c(-c2nc3ccccc3[nH]2)c1)(OCC)OCC. The number of imidazole rings is 1. The molecule has 1 aromatic heterocycles. The van der Waals surface area contributed by atoms with Crippen LogP contribution in [0.15, 0.2) is 42.5 Å². The molecule has 0 bridgehead atoms. The maximum absolute atomic E-state index is 12.4. The third-order valence-electron chi connectivity index (χ3n) is 4.94. The predicted molar refractivity (Wildman–Crippen MR) is 130 cm³/mol. The van der Waals surface area contributed by atoms with Crippen LogP contribution in [0, 0.1) is 0 Å². The van der Waals surface area contributed by atoms with E-state index in [0.717, 1.165) is 11.0 Å². The summed E-state index contributed by atoms with van der Waals surface area (Å²) in [5.74, 6) is 0.603. The first kappa shape index (κ1) is 24.7. The highest BCUT2D eigenvalue weighted by Gasteiger charge is 2.39. The maximum atomic E-state index is 12.4. The van der Waals surface area contributed by atoms with Crippen molar-refractivity contribution in [1.29, 1.82) is 0 Å². The third-order valence-corrected chi connectivity index (χ3v) is 8.09. The normalized spacial score (nSPS) is 11.6. The Morgan fingerprint density at radius 2 is 1.76 bits per heavy atom. The smallest absolute Gasteiger partial charge is 0.500 e.